The first-order valence-electron chi connectivity index (χ1n) is 6.88. The molecule has 0 radical (unpaired) electrons. The molecule has 0 saturated heterocycles. The van der Waals surface area contributed by atoms with Gasteiger partial charge in [-0.1, -0.05) is 6.92 Å². The second-order valence-electron chi connectivity index (χ2n) is 5.85. The monoisotopic (exact) mass is 275 g/mol. The Morgan fingerprint density at radius 3 is 2.60 bits per heavy atom. The highest BCUT2D eigenvalue weighted by Crippen LogP contribution is 2.44. The number of benzene rings is 1. The minimum Gasteiger partial charge on any atom is -0.496 e. The van der Waals surface area contributed by atoms with Gasteiger partial charge in [0.15, 0.2) is 5.78 Å². The van der Waals surface area contributed by atoms with E-state index in [1.807, 2.05) is 0 Å². The van der Waals surface area contributed by atoms with Crippen molar-refractivity contribution in [3.8, 4) is 5.75 Å². The molecule has 2 rings (SSSR count). The standard InChI is InChI=1S/C16H21NO3/c1-11(18)12-4-5-14(20-3)13(8-12)9-15(19)17-10-16(2)6-7-16/h4-5,8H,6-7,9-10H2,1-3H3,(H,17,19). The molecule has 1 aromatic carbocycles. The van der Waals surface area contributed by atoms with Gasteiger partial charge in [0.25, 0.3) is 0 Å². The van der Waals surface area contributed by atoms with Crippen LogP contribution in [-0.4, -0.2) is 25.3 Å². The fourth-order valence-corrected chi connectivity index (χ4v) is 2.07. The zero-order valence-corrected chi connectivity index (χ0v) is 12.3. The molecular formula is C16H21NO3. The second kappa shape index (κ2) is 5.65. The van der Waals surface area contributed by atoms with Gasteiger partial charge in [0, 0.05) is 17.7 Å². The van der Waals surface area contributed by atoms with Crippen LogP contribution in [0.15, 0.2) is 18.2 Å². The fraction of sp³-hybridized carbons (Fsp3) is 0.500. The summed E-state index contributed by atoms with van der Waals surface area (Å²) in [5.41, 5.74) is 1.64. The third-order valence-corrected chi connectivity index (χ3v) is 3.85. The molecule has 1 amide bonds. The predicted molar refractivity (Wildman–Crippen MR) is 77.1 cm³/mol. The molecule has 20 heavy (non-hydrogen) atoms. The number of ketones is 1. The molecule has 0 aliphatic heterocycles. The Bertz CT molecular complexity index is 533. The number of carbonyl (C=O) groups is 2. The van der Waals surface area contributed by atoms with Crippen molar-refractivity contribution in [3.05, 3.63) is 29.3 Å². The van der Waals surface area contributed by atoms with Gasteiger partial charge in [-0.15, -0.1) is 0 Å². The first kappa shape index (κ1) is 14.6. The Hall–Kier alpha value is -1.84. The second-order valence-corrected chi connectivity index (χ2v) is 5.85. The van der Waals surface area contributed by atoms with E-state index < -0.39 is 0 Å². The highest BCUT2D eigenvalue weighted by molar-refractivity contribution is 5.94. The van der Waals surface area contributed by atoms with Gasteiger partial charge in [-0.25, -0.2) is 0 Å². The molecule has 4 nitrogen and oxygen atoms in total. The molecule has 4 heteroatoms. The maximum atomic E-state index is 12.0. The number of carbonyl (C=O) groups excluding carboxylic acids is 2. The van der Waals surface area contributed by atoms with E-state index in [1.54, 1.807) is 25.3 Å². The number of ether oxygens (including phenoxy) is 1. The maximum absolute atomic E-state index is 12.0. The summed E-state index contributed by atoms with van der Waals surface area (Å²) in [6.45, 7) is 4.41. The van der Waals surface area contributed by atoms with Gasteiger partial charge in [-0.3, -0.25) is 9.59 Å². The molecule has 108 valence electrons. The lowest BCUT2D eigenvalue weighted by molar-refractivity contribution is -0.120. The van der Waals surface area contributed by atoms with Crippen LogP contribution in [-0.2, 0) is 11.2 Å². The normalized spacial score (nSPS) is 15.6. The number of nitrogens with one attached hydrogen (secondary N) is 1. The Kier molecular flexibility index (Phi) is 4.12. The number of rotatable bonds is 6. The van der Waals surface area contributed by atoms with Crippen LogP contribution in [0.3, 0.4) is 0 Å². The lowest BCUT2D eigenvalue weighted by Crippen LogP contribution is -2.30. The average molecular weight is 275 g/mol. The summed E-state index contributed by atoms with van der Waals surface area (Å²) in [5.74, 6) is 0.597. The van der Waals surface area contributed by atoms with Crippen molar-refractivity contribution in [2.75, 3.05) is 13.7 Å². The third-order valence-electron chi connectivity index (χ3n) is 3.85. The summed E-state index contributed by atoms with van der Waals surface area (Å²) in [5, 5.41) is 2.95. The van der Waals surface area contributed by atoms with Crippen LogP contribution in [0.2, 0.25) is 0 Å². The van der Waals surface area contributed by atoms with Gasteiger partial charge < -0.3 is 10.1 Å². The van der Waals surface area contributed by atoms with E-state index in [4.69, 9.17) is 4.74 Å². The van der Waals surface area contributed by atoms with Crippen LogP contribution in [0.5, 0.6) is 5.75 Å². The smallest absolute Gasteiger partial charge is 0.224 e. The number of methoxy groups -OCH3 is 1. The highest BCUT2D eigenvalue weighted by Gasteiger charge is 2.37. The van der Waals surface area contributed by atoms with Crippen molar-refractivity contribution in [2.24, 2.45) is 5.41 Å². The Labute approximate surface area is 119 Å². The predicted octanol–water partition coefficient (Wildman–Crippen LogP) is 2.36. The molecule has 0 aromatic heterocycles. The molecule has 0 bridgehead atoms. The van der Waals surface area contributed by atoms with Gasteiger partial charge in [-0.2, -0.15) is 0 Å². The van der Waals surface area contributed by atoms with Gasteiger partial charge in [-0.05, 0) is 43.4 Å². The Morgan fingerprint density at radius 2 is 2.05 bits per heavy atom. The van der Waals surface area contributed by atoms with E-state index in [0.717, 1.165) is 12.1 Å². The summed E-state index contributed by atoms with van der Waals surface area (Å²) >= 11 is 0. The minimum absolute atomic E-state index is 0.0141. The van der Waals surface area contributed by atoms with E-state index in [-0.39, 0.29) is 18.1 Å². The summed E-state index contributed by atoms with van der Waals surface area (Å²) in [6, 6.07) is 5.19. The zero-order chi connectivity index (χ0) is 14.8. The van der Waals surface area contributed by atoms with Crippen molar-refractivity contribution >= 4 is 11.7 Å². The molecule has 1 saturated carbocycles. The molecule has 1 fully saturated rings. The van der Waals surface area contributed by atoms with E-state index in [9.17, 15) is 9.59 Å². The fourth-order valence-electron chi connectivity index (χ4n) is 2.07. The van der Waals surface area contributed by atoms with Gasteiger partial charge in [0.05, 0.1) is 13.5 Å². The number of hydrogen-bond acceptors (Lipinski definition) is 3. The van der Waals surface area contributed by atoms with Gasteiger partial charge >= 0.3 is 0 Å². The van der Waals surface area contributed by atoms with Crippen LogP contribution in [0.1, 0.15) is 42.6 Å². The van der Waals surface area contributed by atoms with Crippen LogP contribution in [0, 0.1) is 5.41 Å². The van der Waals surface area contributed by atoms with Crippen molar-refractivity contribution in [1.29, 1.82) is 0 Å². The number of hydrogen-bond donors (Lipinski definition) is 1. The van der Waals surface area contributed by atoms with Crippen molar-refractivity contribution in [2.45, 2.75) is 33.1 Å². The molecule has 1 aliphatic carbocycles. The molecular weight excluding hydrogens is 254 g/mol. The minimum atomic E-state index is -0.0304. The average Bonchev–Trinajstić information content (AvgIpc) is 3.15. The SMILES string of the molecule is COc1ccc(C(C)=O)cc1CC(=O)NCC1(C)CC1. The highest BCUT2D eigenvalue weighted by atomic mass is 16.5. The lowest BCUT2D eigenvalue weighted by atomic mass is 10.0. The van der Waals surface area contributed by atoms with Crippen LogP contribution < -0.4 is 10.1 Å². The molecule has 0 spiro atoms. The van der Waals surface area contributed by atoms with E-state index >= 15 is 0 Å². The number of amides is 1. The molecule has 1 aromatic rings. The largest absolute Gasteiger partial charge is 0.496 e. The van der Waals surface area contributed by atoms with Crippen LogP contribution >= 0.6 is 0 Å². The maximum Gasteiger partial charge on any atom is 0.224 e. The summed E-state index contributed by atoms with van der Waals surface area (Å²) in [4.78, 5) is 23.4. The lowest BCUT2D eigenvalue weighted by Gasteiger charge is -2.12. The summed E-state index contributed by atoms with van der Waals surface area (Å²) in [6.07, 6.45) is 2.59. The summed E-state index contributed by atoms with van der Waals surface area (Å²) in [7, 11) is 1.56. The van der Waals surface area contributed by atoms with E-state index in [0.29, 0.717) is 16.7 Å². The Balaban J connectivity index is 2.04. The molecule has 0 heterocycles. The quantitative estimate of drug-likeness (QED) is 0.811. The van der Waals surface area contributed by atoms with E-state index in [2.05, 4.69) is 12.2 Å². The van der Waals surface area contributed by atoms with Gasteiger partial charge in [0.1, 0.15) is 5.75 Å². The number of Topliss-reactive ketones (excluding diaryl/α,β-unsaturated/α-hetero) is 1. The van der Waals surface area contributed by atoms with Gasteiger partial charge in [0.2, 0.25) is 5.91 Å². The van der Waals surface area contributed by atoms with E-state index in [1.165, 1.54) is 19.8 Å². The van der Waals surface area contributed by atoms with Crippen LogP contribution in [0.4, 0.5) is 0 Å². The molecule has 1 N–H and O–H groups in total. The third kappa shape index (κ3) is 3.59. The van der Waals surface area contributed by atoms with Crippen molar-refractivity contribution < 1.29 is 14.3 Å². The summed E-state index contributed by atoms with van der Waals surface area (Å²) < 4.78 is 5.25. The first-order valence-corrected chi connectivity index (χ1v) is 6.88. The molecule has 0 unspecified atom stereocenters. The zero-order valence-electron chi connectivity index (χ0n) is 12.3. The van der Waals surface area contributed by atoms with Crippen molar-refractivity contribution in [1.82, 2.24) is 5.32 Å². The molecule has 0 atom stereocenters. The first-order chi connectivity index (χ1) is 9.43. The topological polar surface area (TPSA) is 55.4 Å². The molecule has 1 aliphatic rings. The van der Waals surface area contributed by atoms with Crippen molar-refractivity contribution in [3.63, 3.8) is 0 Å². The van der Waals surface area contributed by atoms with Crippen LogP contribution in [0.25, 0.3) is 0 Å². The Morgan fingerprint density at radius 1 is 1.35 bits per heavy atom.